The van der Waals surface area contributed by atoms with Gasteiger partial charge in [-0.3, -0.25) is 4.79 Å². The Kier molecular flexibility index (Phi) is 6.50. The quantitative estimate of drug-likeness (QED) is 0.612. The number of aliphatic hydroxyl groups is 1. The predicted molar refractivity (Wildman–Crippen MR) is 106 cm³/mol. The van der Waals surface area contributed by atoms with Crippen LogP contribution in [0.25, 0.3) is 0 Å². The van der Waals surface area contributed by atoms with Gasteiger partial charge in [0.2, 0.25) is 0 Å². The van der Waals surface area contributed by atoms with E-state index in [1.165, 1.54) is 36.4 Å². The normalized spacial score (nSPS) is 23.3. The zero-order valence-corrected chi connectivity index (χ0v) is 17.0. The van der Waals surface area contributed by atoms with E-state index in [-0.39, 0.29) is 51.9 Å². The molecule has 1 amide bonds. The summed E-state index contributed by atoms with van der Waals surface area (Å²) >= 11 is 18.0. The third-order valence-electron chi connectivity index (χ3n) is 5.01. The van der Waals surface area contributed by atoms with Crippen molar-refractivity contribution in [3.63, 3.8) is 0 Å². The molecule has 0 aromatic heterocycles. The molecule has 2 aromatic carbocycles. The Morgan fingerprint density at radius 1 is 1.14 bits per heavy atom. The molecule has 1 unspecified atom stereocenters. The van der Waals surface area contributed by atoms with Gasteiger partial charge in [-0.05, 0) is 55.5 Å². The molecule has 1 fully saturated rings. The number of carbonyl (C=O) groups excluding carboxylic acids is 1. The Hall–Kier alpha value is -1.40. The topological polar surface area (TPSA) is 49.3 Å². The summed E-state index contributed by atoms with van der Waals surface area (Å²) in [6, 6.07) is 7.46. The summed E-state index contributed by atoms with van der Waals surface area (Å²) in [7, 11) is 0. The number of hydrogen-bond acceptors (Lipinski definition) is 2. The van der Waals surface area contributed by atoms with E-state index in [1.807, 2.05) is 0 Å². The molecule has 2 aromatic rings. The number of alkyl halides is 1. The molecule has 0 spiro atoms. The van der Waals surface area contributed by atoms with Gasteiger partial charge >= 0.3 is 0 Å². The van der Waals surface area contributed by atoms with Crippen LogP contribution in [0.15, 0.2) is 36.4 Å². The summed E-state index contributed by atoms with van der Waals surface area (Å²) in [6.45, 7) is 0. The molecule has 0 aliphatic heterocycles. The van der Waals surface area contributed by atoms with Crippen molar-refractivity contribution in [3.8, 4) is 0 Å². The highest BCUT2D eigenvalue weighted by Crippen LogP contribution is 2.42. The van der Waals surface area contributed by atoms with Gasteiger partial charge in [-0.25, -0.2) is 8.78 Å². The lowest BCUT2D eigenvalue weighted by atomic mass is 9.76. The van der Waals surface area contributed by atoms with Gasteiger partial charge in [-0.15, -0.1) is 0 Å². The molecule has 1 saturated carbocycles. The second-order valence-electron chi connectivity index (χ2n) is 6.99. The monoisotopic (exact) mass is 447 g/mol. The molecule has 1 aliphatic carbocycles. The van der Waals surface area contributed by atoms with Gasteiger partial charge in [0.1, 0.15) is 12.0 Å². The van der Waals surface area contributed by atoms with Crippen LogP contribution in [0, 0.1) is 5.82 Å². The molecule has 0 saturated heterocycles. The summed E-state index contributed by atoms with van der Waals surface area (Å²) < 4.78 is 27.7. The van der Waals surface area contributed by atoms with Crippen molar-refractivity contribution >= 4 is 40.7 Å². The van der Waals surface area contributed by atoms with Crippen LogP contribution in [0.1, 0.15) is 47.6 Å². The van der Waals surface area contributed by atoms with E-state index in [4.69, 9.17) is 34.8 Å². The summed E-state index contributed by atoms with van der Waals surface area (Å²) in [5.41, 5.74) is -1.07. The van der Waals surface area contributed by atoms with E-state index in [0.29, 0.717) is 0 Å². The van der Waals surface area contributed by atoms with Crippen molar-refractivity contribution in [1.82, 2.24) is 5.32 Å². The fraction of sp³-hybridized carbons (Fsp3) is 0.350. The second-order valence-corrected chi connectivity index (χ2v) is 8.24. The maximum atomic E-state index is 14.0. The van der Waals surface area contributed by atoms with E-state index < -0.39 is 29.5 Å². The fourth-order valence-corrected chi connectivity index (χ4v) is 4.28. The highest BCUT2D eigenvalue weighted by atomic mass is 35.5. The zero-order valence-electron chi connectivity index (χ0n) is 14.7. The molecule has 8 heteroatoms. The SMILES string of the molecule is O=C(NC(c1cccc(F)c1Cl)[C@]1(O)CC[C@H](F)CC1)c1cc(Cl)cc(Cl)c1. The van der Waals surface area contributed by atoms with Crippen LogP contribution >= 0.6 is 34.8 Å². The van der Waals surface area contributed by atoms with Crippen molar-refractivity contribution in [2.75, 3.05) is 0 Å². The third kappa shape index (κ3) is 4.60. The minimum absolute atomic E-state index is 0.0995. The lowest BCUT2D eigenvalue weighted by Gasteiger charge is -2.41. The van der Waals surface area contributed by atoms with Crippen LogP contribution in [0.5, 0.6) is 0 Å². The number of benzene rings is 2. The Labute approximate surface area is 176 Å². The van der Waals surface area contributed by atoms with E-state index >= 15 is 0 Å². The van der Waals surface area contributed by atoms with Crippen LogP contribution in [0.2, 0.25) is 15.1 Å². The van der Waals surface area contributed by atoms with E-state index in [2.05, 4.69) is 5.32 Å². The molecule has 0 bridgehead atoms. The highest BCUT2D eigenvalue weighted by Gasteiger charge is 2.43. The van der Waals surface area contributed by atoms with Gasteiger partial charge < -0.3 is 10.4 Å². The van der Waals surface area contributed by atoms with E-state index in [9.17, 15) is 18.7 Å². The molecular weight excluding hydrogens is 431 g/mol. The minimum atomic E-state index is -1.47. The Morgan fingerprint density at radius 3 is 2.36 bits per heavy atom. The highest BCUT2D eigenvalue weighted by molar-refractivity contribution is 6.35. The fourth-order valence-electron chi connectivity index (χ4n) is 3.52. The van der Waals surface area contributed by atoms with E-state index in [1.54, 1.807) is 0 Å². The van der Waals surface area contributed by atoms with Gasteiger partial charge in [0, 0.05) is 15.6 Å². The molecule has 150 valence electrons. The molecule has 0 radical (unpaired) electrons. The predicted octanol–water partition coefficient (Wildman–Crippen LogP) is 5.90. The number of hydrogen-bond donors (Lipinski definition) is 2. The van der Waals surface area contributed by atoms with Crippen LogP contribution < -0.4 is 5.32 Å². The number of amides is 1. The van der Waals surface area contributed by atoms with Crippen LogP contribution in [-0.2, 0) is 0 Å². The maximum Gasteiger partial charge on any atom is 0.251 e. The molecule has 1 atom stereocenters. The first-order chi connectivity index (χ1) is 13.2. The number of carbonyl (C=O) groups is 1. The lowest BCUT2D eigenvalue weighted by Crippen LogP contribution is -2.48. The smallest absolute Gasteiger partial charge is 0.251 e. The number of nitrogens with one attached hydrogen (secondary N) is 1. The molecular formula is C20H18Cl3F2NO2. The van der Waals surface area contributed by atoms with Gasteiger partial charge in [-0.1, -0.05) is 46.9 Å². The Morgan fingerprint density at radius 2 is 1.75 bits per heavy atom. The molecule has 1 aliphatic rings. The summed E-state index contributed by atoms with van der Waals surface area (Å²) in [5.74, 6) is -1.24. The maximum absolute atomic E-state index is 14.0. The van der Waals surface area contributed by atoms with Crippen LogP contribution in [0.3, 0.4) is 0 Å². The van der Waals surface area contributed by atoms with Gasteiger partial charge in [0.05, 0.1) is 16.7 Å². The minimum Gasteiger partial charge on any atom is -0.387 e. The molecule has 28 heavy (non-hydrogen) atoms. The number of rotatable bonds is 4. The van der Waals surface area contributed by atoms with E-state index in [0.717, 1.165) is 0 Å². The van der Waals surface area contributed by atoms with Crippen molar-refractivity contribution in [2.45, 2.75) is 43.5 Å². The third-order valence-corrected chi connectivity index (χ3v) is 5.85. The molecule has 3 rings (SSSR count). The summed E-state index contributed by atoms with van der Waals surface area (Å²) in [4.78, 5) is 12.8. The van der Waals surface area contributed by atoms with Gasteiger partial charge in [-0.2, -0.15) is 0 Å². The first kappa shape index (κ1) is 21.3. The van der Waals surface area contributed by atoms with Crippen molar-refractivity contribution in [3.05, 3.63) is 68.4 Å². The van der Waals surface area contributed by atoms with Crippen molar-refractivity contribution < 1.29 is 18.7 Å². The average molecular weight is 449 g/mol. The standard InChI is InChI=1S/C20H18Cl3F2NO2/c21-12-8-11(9-13(22)10-12)19(27)26-18(15-2-1-3-16(25)17(15)23)20(28)6-4-14(24)5-7-20/h1-3,8-10,14,18,28H,4-7H2,(H,26,27)/t14-,18?,20-. The summed E-state index contributed by atoms with van der Waals surface area (Å²) in [6.07, 6.45) is -0.548. The largest absolute Gasteiger partial charge is 0.387 e. The van der Waals surface area contributed by atoms with Crippen LogP contribution in [0.4, 0.5) is 8.78 Å². The molecule has 0 heterocycles. The first-order valence-electron chi connectivity index (χ1n) is 8.77. The molecule has 2 N–H and O–H groups in total. The van der Waals surface area contributed by atoms with Gasteiger partial charge in [0.25, 0.3) is 5.91 Å². The van der Waals surface area contributed by atoms with Crippen molar-refractivity contribution in [1.29, 1.82) is 0 Å². The van der Waals surface area contributed by atoms with Crippen molar-refractivity contribution in [2.24, 2.45) is 0 Å². The second kappa shape index (κ2) is 8.54. The molecule has 3 nitrogen and oxygen atoms in total. The van der Waals surface area contributed by atoms with Gasteiger partial charge in [0.15, 0.2) is 0 Å². The lowest BCUT2D eigenvalue weighted by molar-refractivity contribution is -0.0445. The van der Waals surface area contributed by atoms with Crippen LogP contribution in [-0.4, -0.2) is 22.8 Å². The Bertz CT molecular complexity index is 865. The Balaban J connectivity index is 1.99. The number of halogens is 5. The summed E-state index contributed by atoms with van der Waals surface area (Å²) in [5, 5.41) is 14.3. The first-order valence-corrected chi connectivity index (χ1v) is 9.90. The average Bonchev–Trinajstić information content (AvgIpc) is 2.64. The zero-order chi connectivity index (χ0) is 20.5.